The summed E-state index contributed by atoms with van der Waals surface area (Å²) in [6.45, 7) is -0.986. The van der Waals surface area contributed by atoms with Crippen LogP contribution in [0.5, 0.6) is 5.75 Å². The number of sulfonamides is 1. The molecular weight excluding hydrogens is 444 g/mol. The van der Waals surface area contributed by atoms with Crippen molar-refractivity contribution in [1.29, 1.82) is 0 Å². The van der Waals surface area contributed by atoms with Crippen molar-refractivity contribution in [2.24, 2.45) is 0 Å². The molecular formula is C19H18F4N2O5S. The molecule has 1 aliphatic heterocycles. The standard InChI is InChI=1S/C19H18F4N2O5S/c20-14-3-1-13(2-4-14)18(26)24-16-11-15(5-6-17(16)30-12-19(21,22)23)31(27,28)25-7-9-29-10-8-25/h1-6,11H,7-10,12H2,(H,24,26). The third-order valence-electron chi connectivity index (χ3n) is 4.30. The van der Waals surface area contributed by atoms with Crippen LogP contribution in [0.15, 0.2) is 47.4 Å². The van der Waals surface area contributed by atoms with Crippen LogP contribution >= 0.6 is 0 Å². The van der Waals surface area contributed by atoms with Crippen LogP contribution in [-0.4, -0.2) is 57.7 Å². The van der Waals surface area contributed by atoms with Crippen molar-refractivity contribution >= 4 is 21.6 Å². The molecule has 1 fully saturated rings. The minimum atomic E-state index is -4.64. The highest BCUT2D eigenvalue weighted by Crippen LogP contribution is 2.31. The third kappa shape index (κ3) is 5.93. The average molecular weight is 462 g/mol. The Morgan fingerprint density at radius 3 is 2.35 bits per heavy atom. The van der Waals surface area contributed by atoms with Gasteiger partial charge in [-0.2, -0.15) is 17.5 Å². The second-order valence-electron chi connectivity index (χ2n) is 6.54. The maximum absolute atomic E-state index is 13.1. The van der Waals surface area contributed by atoms with E-state index in [0.717, 1.165) is 30.3 Å². The zero-order valence-corrected chi connectivity index (χ0v) is 16.8. The van der Waals surface area contributed by atoms with Crippen molar-refractivity contribution in [2.45, 2.75) is 11.1 Å². The van der Waals surface area contributed by atoms with E-state index < -0.39 is 34.5 Å². The molecule has 3 rings (SSSR count). The largest absolute Gasteiger partial charge is 0.482 e. The number of ether oxygens (including phenoxy) is 2. The Morgan fingerprint density at radius 1 is 1.10 bits per heavy atom. The van der Waals surface area contributed by atoms with Crippen molar-refractivity contribution < 1.29 is 40.2 Å². The normalized spacial score (nSPS) is 15.5. The van der Waals surface area contributed by atoms with Gasteiger partial charge in [0.25, 0.3) is 5.91 Å². The first-order valence-electron chi connectivity index (χ1n) is 9.05. The van der Waals surface area contributed by atoms with Crippen molar-refractivity contribution in [2.75, 3.05) is 38.2 Å². The molecule has 2 aromatic carbocycles. The minimum absolute atomic E-state index is 0.0182. The molecule has 31 heavy (non-hydrogen) atoms. The number of halogens is 4. The molecule has 2 aromatic rings. The first-order valence-corrected chi connectivity index (χ1v) is 10.5. The van der Waals surface area contributed by atoms with E-state index in [0.29, 0.717) is 0 Å². The molecule has 0 spiro atoms. The molecule has 1 N–H and O–H groups in total. The summed E-state index contributed by atoms with van der Waals surface area (Å²) in [5, 5.41) is 2.34. The Hall–Kier alpha value is -2.70. The first kappa shape index (κ1) is 23.0. The van der Waals surface area contributed by atoms with E-state index in [1.54, 1.807) is 0 Å². The molecule has 7 nitrogen and oxygen atoms in total. The van der Waals surface area contributed by atoms with Gasteiger partial charge < -0.3 is 14.8 Å². The van der Waals surface area contributed by atoms with E-state index >= 15 is 0 Å². The molecule has 168 valence electrons. The molecule has 0 bridgehead atoms. The maximum Gasteiger partial charge on any atom is 0.422 e. The second kappa shape index (κ2) is 9.20. The lowest BCUT2D eigenvalue weighted by Gasteiger charge is -2.26. The Balaban J connectivity index is 1.92. The van der Waals surface area contributed by atoms with E-state index in [1.165, 1.54) is 16.4 Å². The van der Waals surface area contributed by atoms with Gasteiger partial charge in [0, 0.05) is 18.7 Å². The van der Waals surface area contributed by atoms with Crippen molar-refractivity contribution in [1.82, 2.24) is 4.31 Å². The highest BCUT2D eigenvalue weighted by molar-refractivity contribution is 7.89. The quantitative estimate of drug-likeness (QED) is 0.668. The number of alkyl halides is 3. The van der Waals surface area contributed by atoms with E-state index in [9.17, 15) is 30.8 Å². The second-order valence-corrected chi connectivity index (χ2v) is 8.48. The number of carbonyl (C=O) groups excluding carboxylic acids is 1. The highest BCUT2D eigenvalue weighted by Gasteiger charge is 2.30. The van der Waals surface area contributed by atoms with Crippen LogP contribution in [0, 0.1) is 5.82 Å². The van der Waals surface area contributed by atoms with Crippen LogP contribution in [0.1, 0.15) is 10.4 Å². The summed E-state index contributed by atoms with van der Waals surface area (Å²) in [7, 11) is -3.98. The predicted octanol–water partition coefficient (Wildman–Crippen LogP) is 3.04. The van der Waals surface area contributed by atoms with Crippen molar-refractivity contribution in [3.8, 4) is 5.75 Å². The minimum Gasteiger partial charge on any atom is -0.482 e. The lowest BCUT2D eigenvalue weighted by Crippen LogP contribution is -2.40. The van der Waals surface area contributed by atoms with E-state index in [4.69, 9.17) is 9.47 Å². The number of rotatable bonds is 6. The maximum atomic E-state index is 13.1. The van der Waals surface area contributed by atoms with Gasteiger partial charge in [0.2, 0.25) is 10.0 Å². The monoisotopic (exact) mass is 462 g/mol. The SMILES string of the molecule is O=C(Nc1cc(S(=O)(=O)N2CCOCC2)ccc1OCC(F)(F)F)c1ccc(F)cc1. The van der Waals surface area contributed by atoms with Gasteiger partial charge in [0.15, 0.2) is 6.61 Å². The van der Waals surface area contributed by atoms with Gasteiger partial charge in [-0.3, -0.25) is 4.79 Å². The van der Waals surface area contributed by atoms with Crippen LogP contribution in [0.4, 0.5) is 23.2 Å². The molecule has 0 unspecified atom stereocenters. The lowest BCUT2D eigenvalue weighted by molar-refractivity contribution is -0.153. The Morgan fingerprint density at radius 2 is 1.74 bits per heavy atom. The Bertz CT molecular complexity index is 1040. The highest BCUT2D eigenvalue weighted by atomic mass is 32.2. The number of anilines is 1. The molecule has 12 heteroatoms. The number of nitrogens with one attached hydrogen (secondary N) is 1. The van der Waals surface area contributed by atoms with Gasteiger partial charge in [-0.15, -0.1) is 0 Å². The van der Waals surface area contributed by atoms with Crippen LogP contribution in [0.3, 0.4) is 0 Å². The summed E-state index contributed by atoms with van der Waals surface area (Å²) in [6.07, 6.45) is -4.64. The van der Waals surface area contributed by atoms with E-state index in [1.807, 2.05) is 0 Å². The fraction of sp³-hybridized carbons (Fsp3) is 0.316. The van der Waals surface area contributed by atoms with Crippen molar-refractivity contribution in [3.05, 3.63) is 53.8 Å². The van der Waals surface area contributed by atoms with Gasteiger partial charge in [-0.05, 0) is 42.5 Å². The zero-order chi connectivity index (χ0) is 22.6. The summed E-state index contributed by atoms with van der Waals surface area (Å²) in [5.41, 5.74) is -0.252. The Labute approximate surface area is 175 Å². The molecule has 0 aliphatic carbocycles. The van der Waals surface area contributed by atoms with Crippen LogP contribution < -0.4 is 10.1 Å². The predicted molar refractivity (Wildman–Crippen MR) is 102 cm³/mol. The molecule has 0 atom stereocenters. The number of nitrogens with zero attached hydrogens (tertiary/aromatic N) is 1. The van der Waals surface area contributed by atoms with Gasteiger partial charge >= 0.3 is 6.18 Å². The first-order chi connectivity index (χ1) is 14.6. The van der Waals surface area contributed by atoms with Gasteiger partial charge in [0.05, 0.1) is 23.8 Å². The summed E-state index contributed by atoms with van der Waals surface area (Å²) < 4.78 is 87.6. The van der Waals surface area contributed by atoms with Gasteiger partial charge in [-0.25, -0.2) is 12.8 Å². The summed E-state index contributed by atoms with van der Waals surface area (Å²) in [6, 6.07) is 7.59. The van der Waals surface area contributed by atoms with Gasteiger partial charge in [-0.1, -0.05) is 0 Å². The number of hydrogen-bond donors (Lipinski definition) is 1. The summed E-state index contributed by atoms with van der Waals surface area (Å²) in [5.74, 6) is -1.73. The fourth-order valence-corrected chi connectivity index (χ4v) is 4.22. The van der Waals surface area contributed by atoms with Crippen LogP contribution in [0.2, 0.25) is 0 Å². The molecule has 0 radical (unpaired) electrons. The van der Waals surface area contributed by atoms with Crippen LogP contribution in [0.25, 0.3) is 0 Å². The van der Waals surface area contributed by atoms with Crippen molar-refractivity contribution in [3.63, 3.8) is 0 Å². The lowest BCUT2D eigenvalue weighted by atomic mass is 10.2. The van der Waals surface area contributed by atoms with Gasteiger partial charge in [0.1, 0.15) is 11.6 Å². The molecule has 0 aromatic heterocycles. The number of benzene rings is 2. The topological polar surface area (TPSA) is 84.9 Å². The number of morpholine rings is 1. The molecule has 0 saturated carbocycles. The Kier molecular flexibility index (Phi) is 6.82. The molecule has 1 heterocycles. The summed E-state index contributed by atoms with van der Waals surface area (Å²) >= 11 is 0. The molecule has 1 amide bonds. The molecule has 1 aliphatic rings. The number of hydrogen-bond acceptors (Lipinski definition) is 5. The van der Waals surface area contributed by atoms with E-state index in [2.05, 4.69) is 5.32 Å². The summed E-state index contributed by atoms with van der Waals surface area (Å²) in [4.78, 5) is 12.2. The fourth-order valence-electron chi connectivity index (χ4n) is 2.78. The smallest absolute Gasteiger partial charge is 0.422 e. The van der Waals surface area contributed by atoms with Crippen LogP contribution in [-0.2, 0) is 14.8 Å². The average Bonchev–Trinajstić information content (AvgIpc) is 2.73. The number of amides is 1. The molecule has 1 saturated heterocycles. The van der Waals surface area contributed by atoms with E-state index in [-0.39, 0.29) is 48.2 Å². The number of carbonyl (C=O) groups is 1. The third-order valence-corrected chi connectivity index (χ3v) is 6.20. The zero-order valence-electron chi connectivity index (χ0n) is 16.0.